The van der Waals surface area contributed by atoms with Gasteiger partial charge in [-0.2, -0.15) is 0 Å². The highest BCUT2D eigenvalue weighted by molar-refractivity contribution is 7.14. The first kappa shape index (κ1) is 23.2. The van der Waals surface area contributed by atoms with Gasteiger partial charge in [-0.1, -0.05) is 23.5 Å². The Labute approximate surface area is 204 Å². The Balaban J connectivity index is 1.54. The van der Waals surface area contributed by atoms with Gasteiger partial charge < -0.3 is 10.0 Å². The lowest BCUT2D eigenvalue weighted by Gasteiger charge is -2.61. The number of halogens is 1. The van der Waals surface area contributed by atoms with E-state index in [1.54, 1.807) is 31.0 Å². The van der Waals surface area contributed by atoms with Crippen LogP contribution < -0.4 is 10.4 Å². The van der Waals surface area contributed by atoms with Crippen molar-refractivity contribution in [2.45, 2.75) is 38.8 Å². The fraction of sp³-hybridized carbons (Fsp3) is 0.375. The van der Waals surface area contributed by atoms with Gasteiger partial charge in [-0.15, -0.1) is 10.2 Å². The quantitative estimate of drug-likeness (QED) is 0.577. The standard InChI is InChI=1S/C24H24FN5O4S/c1-4-29-23(34)19-21(33)20(32)17(12-30(19)28(3)24(29)10-15(11-24)13(2)31)22-27-26-18(35-22)9-14-5-7-16(25)8-6-14/h5-8,12,15,33H,4,9-11H2,1-3H3. The minimum atomic E-state index is -0.719. The average Bonchev–Trinajstić information content (AvgIpc) is 3.25. The van der Waals surface area contributed by atoms with Gasteiger partial charge in [0.25, 0.3) is 5.91 Å². The number of nitrogens with zero attached hydrogens (tertiary/aromatic N) is 5. The number of fused-ring (bicyclic) bond motifs is 1. The second kappa shape index (κ2) is 8.26. The van der Waals surface area contributed by atoms with E-state index in [1.165, 1.54) is 34.3 Å². The van der Waals surface area contributed by atoms with E-state index in [2.05, 4.69) is 10.2 Å². The lowest BCUT2D eigenvalue weighted by molar-refractivity contribution is -0.130. The van der Waals surface area contributed by atoms with Crippen molar-refractivity contribution in [2.75, 3.05) is 18.6 Å². The zero-order valence-corrected chi connectivity index (χ0v) is 20.3. The molecule has 0 radical (unpaired) electrons. The maximum absolute atomic E-state index is 13.4. The zero-order valence-electron chi connectivity index (χ0n) is 19.5. The van der Waals surface area contributed by atoms with E-state index >= 15 is 0 Å². The number of hydrogen-bond acceptors (Lipinski definition) is 8. The summed E-state index contributed by atoms with van der Waals surface area (Å²) in [6.07, 6.45) is 2.87. The molecular formula is C24H24FN5O4S. The SMILES string of the molecule is CCN1C(=O)c2c(O)c(=O)c(-c3nnc(Cc4ccc(F)cc4)s3)cn2N(C)C12CC(C(C)=O)C2. The summed E-state index contributed by atoms with van der Waals surface area (Å²) in [7, 11) is 1.78. The molecule has 0 unspecified atom stereocenters. The molecule has 35 heavy (non-hydrogen) atoms. The summed E-state index contributed by atoms with van der Waals surface area (Å²) in [5.41, 5.74) is -0.573. The smallest absolute Gasteiger partial charge is 0.278 e. The van der Waals surface area contributed by atoms with Gasteiger partial charge in [0, 0.05) is 45.0 Å². The third-order valence-corrected chi connectivity index (χ3v) is 8.00. The first-order chi connectivity index (χ1) is 16.7. The average molecular weight is 498 g/mol. The Bertz CT molecular complexity index is 1390. The Morgan fingerprint density at radius 3 is 2.54 bits per heavy atom. The molecule has 3 heterocycles. The second-order valence-corrected chi connectivity index (χ2v) is 10.1. The minimum absolute atomic E-state index is 0.0734. The number of pyridine rings is 1. The van der Waals surface area contributed by atoms with Gasteiger partial charge in [0.1, 0.15) is 22.3 Å². The van der Waals surface area contributed by atoms with Gasteiger partial charge in [-0.3, -0.25) is 24.1 Å². The van der Waals surface area contributed by atoms with Crippen molar-refractivity contribution < 1.29 is 19.1 Å². The number of carbonyl (C=O) groups is 2. The topological polar surface area (TPSA) is 109 Å². The van der Waals surface area contributed by atoms with Crippen LogP contribution in [-0.4, -0.2) is 55.8 Å². The molecule has 1 amide bonds. The summed E-state index contributed by atoms with van der Waals surface area (Å²) in [5, 5.41) is 21.9. The minimum Gasteiger partial charge on any atom is -0.502 e. The summed E-state index contributed by atoms with van der Waals surface area (Å²) in [6, 6.07) is 6.04. The van der Waals surface area contributed by atoms with E-state index in [-0.39, 0.29) is 28.8 Å². The number of rotatable bonds is 5. The summed E-state index contributed by atoms with van der Waals surface area (Å²) in [6.45, 7) is 3.75. The summed E-state index contributed by atoms with van der Waals surface area (Å²) in [4.78, 5) is 40.0. The molecule has 0 bridgehead atoms. The zero-order chi connectivity index (χ0) is 25.1. The lowest BCUT2D eigenvalue weighted by Crippen LogP contribution is -2.74. The van der Waals surface area contributed by atoms with Crippen molar-refractivity contribution >= 4 is 23.0 Å². The van der Waals surface area contributed by atoms with Crippen LogP contribution in [0.2, 0.25) is 0 Å². The van der Waals surface area contributed by atoms with Crippen molar-refractivity contribution in [3.63, 3.8) is 0 Å². The number of aromatic nitrogens is 3. The molecule has 182 valence electrons. The van der Waals surface area contributed by atoms with E-state index in [1.807, 2.05) is 11.9 Å². The highest BCUT2D eigenvalue weighted by atomic mass is 32.1. The largest absolute Gasteiger partial charge is 0.502 e. The Morgan fingerprint density at radius 2 is 1.91 bits per heavy atom. The maximum Gasteiger partial charge on any atom is 0.278 e. The van der Waals surface area contributed by atoms with Crippen LogP contribution in [0.5, 0.6) is 5.75 Å². The first-order valence-electron chi connectivity index (χ1n) is 11.3. The molecular weight excluding hydrogens is 473 g/mol. The Morgan fingerprint density at radius 1 is 1.23 bits per heavy atom. The molecule has 1 spiro atoms. The summed E-state index contributed by atoms with van der Waals surface area (Å²) < 4.78 is 14.7. The van der Waals surface area contributed by atoms with Gasteiger partial charge in [0.2, 0.25) is 5.43 Å². The Hall–Kier alpha value is -3.60. The van der Waals surface area contributed by atoms with Gasteiger partial charge >= 0.3 is 0 Å². The van der Waals surface area contributed by atoms with Crippen LogP contribution >= 0.6 is 11.3 Å². The molecule has 11 heteroatoms. The van der Waals surface area contributed by atoms with Crippen LogP contribution in [0, 0.1) is 11.7 Å². The fourth-order valence-corrected chi connectivity index (χ4v) is 5.90. The van der Waals surface area contributed by atoms with Crippen LogP contribution in [0.25, 0.3) is 10.6 Å². The first-order valence-corrected chi connectivity index (χ1v) is 12.1. The van der Waals surface area contributed by atoms with Crippen LogP contribution in [-0.2, 0) is 11.2 Å². The third-order valence-electron chi connectivity index (χ3n) is 7.04. The van der Waals surface area contributed by atoms with Gasteiger partial charge in [-0.05, 0) is 31.5 Å². The number of ketones is 1. The number of amides is 1. The normalized spacial score (nSPS) is 21.3. The van der Waals surface area contributed by atoms with Crippen LogP contribution in [0.3, 0.4) is 0 Å². The van der Waals surface area contributed by atoms with Crippen LogP contribution in [0.1, 0.15) is 47.7 Å². The molecule has 1 aliphatic heterocycles. The van der Waals surface area contributed by atoms with Crippen molar-refractivity contribution in [1.82, 2.24) is 19.8 Å². The molecule has 1 fully saturated rings. The number of hydrogen-bond donors (Lipinski definition) is 1. The van der Waals surface area contributed by atoms with E-state index < -0.39 is 22.7 Å². The lowest BCUT2D eigenvalue weighted by atomic mass is 9.70. The third kappa shape index (κ3) is 3.53. The highest BCUT2D eigenvalue weighted by Crippen LogP contribution is 2.47. The monoisotopic (exact) mass is 497 g/mol. The van der Waals surface area contributed by atoms with E-state index in [0.29, 0.717) is 35.8 Å². The van der Waals surface area contributed by atoms with Crippen molar-refractivity contribution in [1.29, 1.82) is 0 Å². The predicted molar refractivity (Wildman–Crippen MR) is 127 cm³/mol. The molecule has 1 aromatic carbocycles. The van der Waals surface area contributed by atoms with Crippen molar-refractivity contribution in [2.24, 2.45) is 5.92 Å². The summed E-state index contributed by atoms with van der Waals surface area (Å²) in [5.74, 6) is -1.51. The second-order valence-electron chi connectivity index (χ2n) is 8.99. The highest BCUT2D eigenvalue weighted by Gasteiger charge is 2.58. The van der Waals surface area contributed by atoms with Crippen molar-refractivity contribution in [3.05, 3.63) is 62.8 Å². The maximum atomic E-state index is 13.4. The van der Waals surface area contributed by atoms with E-state index in [9.17, 15) is 23.9 Å². The molecule has 9 nitrogen and oxygen atoms in total. The van der Waals surface area contributed by atoms with E-state index in [0.717, 1.165) is 5.56 Å². The molecule has 1 aliphatic carbocycles. The molecule has 1 N–H and O–H groups in total. The van der Waals surface area contributed by atoms with Crippen LogP contribution in [0.15, 0.2) is 35.3 Å². The molecule has 1 saturated carbocycles. The number of benzene rings is 1. The van der Waals surface area contributed by atoms with E-state index in [4.69, 9.17) is 0 Å². The van der Waals surface area contributed by atoms with Gasteiger partial charge in [0.15, 0.2) is 16.5 Å². The summed E-state index contributed by atoms with van der Waals surface area (Å²) >= 11 is 1.19. The number of Topliss-reactive ketones (excluding diaryl/α,β-unsaturated/α-hetero) is 1. The van der Waals surface area contributed by atoms with Crippen molar-refractivity contribution in [3.8, 4) is 16.3 Å². The molecule has 0 atom stereocenters. The molecule has 3 aromatic rings. The van der Waals surface area contributed by atoms with Gasteiger partial charge in [-0.25, -0.2) is 4.39 Å². The van der Waals surface area contributed by atoms with Crippen LogP contribution in [0.4, 0.5) is 4.39 Å². The fourth-order valence-electron chi connectivity index (χ4n) is 5.02. The Kier molecular flexibility index (Phi) is 5.47. The molecule has 2 aromatic heterocycles. The molecule has 0 saturated heterocycles. The predicted octanol–water partition coefficient (Wildman–Crippen LogP) is 2.54. The molecule has 5 rings (SSSR count). The van der Waals surface area contributed by atoms with Gasteiger partial charge in [0.05, 0.1) is 5.56 Å². The molecule has 2 aliphatic rings. The number of carbonyl (C=O) groups excluding carboxylic acids is 2. The number of aromatic hydroxyl groups is 1.